The predicted octanol–water partition coefficient (Wildman–Crippen LogP) is 0.923. The summed E-state index contributed by atoms with van der Waals surface area (Å²) < 4.78 is 4.97. The Bertz CT molecular complexity index is 215. The number of ether oxygens (including phenoxy) is 1. The van der Waals surface area contributed by atoms with Crippen LogP contribution in [0.1, 0.15) is 6.92 Å². The number of nitrogens with one attached hydrogen (secondary N) is 1. The van der Waals surface area contributed by atoms with Gasteiger partial charge in [-0.3, -0.25) is 0 Å². The van der Waals surface area contributed by atoms with Crippen LogP contribution < -0.4 is 5.32 Å². The van der Waals surface area contributed by atoms with Gasteiger partial charge in [0.05, 0.1) is 6.61 Å². The molecule has 0 aromatic carbocycles. The molecule has 0 amide bonds. The molecular formula is C8H13N3O. The average Bonchev–Trinajstić information content (AvgIpc) is 2.06. The Morgan fingerprint density at radius 2 is 2.50 bits per heavy atom. The zero-order valence-electron chi connectivity index (χ0n) is 7.32. The first-order chi connectivity index (χ1) is 5.83. The Balaban J connectivity index is 2.41. The van der Waals surface area contributed by atoms with Gasteiger partial charge < -0.3 is 10.1 Å². The molecule has 4 heteroatoms. The van der Waals surface area contributed by atoms with E-state index in [1.165, 1.54) is 0 Å². The molecule has 1 heterocycles. The SMILES string of the molecule is COCC(C)Nc1cccnn1. The molecule has 1 rings (SSSR count). The first kappa shape index (κ1) is 8.93. The molecule has 1 aromatic heterocycles. The standard InChI is InChI=1S/C8H13N3O/c1-7(6-12-2)10-8-4-3-5-9-11-8/h3-5,7H,6H2,1-2H3,(H,10,11). The zero-order chi connectivity index (χ0) is 8.81. The van der Waals surface area contributed by atoms with Crippen LogP contribution in [0, 0.1) is 0 Å². The number of rotatable bonds is 4. The van der Waals surface area contributed by atoms with Gasteiger partial charge in [-0.05, 0) is 19.1 Å². The summed E-state index contributed by atoms with van der Waals surface area (Å²) in [4.78, 5) is 0. The summed E-state index contributed by atoms with van der Waals surface area (Å²) in [7, 11) is 1.68. The minimum absolute atomic E-state index is 0.256. The van der Waals surface area contributed by atoms with Crippen LogP contribution in [0.5, 0.6) is 0 Å². The monoisotopic (exact) mass is 167 g/mol. The van der Waals surface area contributed by atoms with Crippen molar-refractivity contribution in [3.05, 3.63) is 18.3 Å². The molecule has 0 fully saturated rings. The highest BCUT2D eigenvalue weighted by Crippen LogP contribution is 2.00. The van der Waals surface area contributed by atoms with Crippen LogP contribution in [0.4, 0.5) is 5.82 Å². The molecular weight excluding hydrogens is 154 g/mol. The lowest BCUT2D eigenvalue weighted by molar-refractivity contribution is 0.190. The van der Waals surface area contributed by atoms with E-state index in [0.717, 1.165) is 5.82 Å². The second kappa shape index (κ2) is 4.66. The van der Waals surface area contributed by atoms with E-state index in [4.69, 9.17) is 4.74 Å². The van der Waals surface area contributed by atoms with E-state index < -0.39 is 0 Å². The molecule has 0 spiro atoms. The second-order valence-corrected chi connectivity index (χ2v) is 2.61. The summed E-state index contributed by atoms with van der Waals surface area (Å²) in [5.41, 5.74) is 0. The van der Waals surface area contributed by atoms with E-state index in [-0.39, 0.29) is 6.04 Å². The molecule has 1 N–H and O–H groups in total. The highest BCUT2D eigenvalue weighted by molar-refractivity contribution is 5.32. The fourth-order valence-corrected chi connectivity index (χ4v) is 0.923. The third kappa shape index (κ3) is 2.84. The lowest BCUT2D eigenvalue weighted by Gasteiger charge is -2.11. The molecule has 0 aliphatic carbocycles. The molecule has 4 nitrogen and oxygen atoms in total. The van der Waals surface area contributed by atoms with Gasteiger partial charge in [-0.2, -0.15) is 5.10 Å². The van der Waals surface area contributed by atoms with E-state index in [1.54, 1.807) is 13.3 Å². The molecule has 66 valence electrons. The van der Waals surface area contributed by atoms with Crippen LogP contribution in [0.25, 0.3) is 0 Å². The van der Waals surface area contributed by atoms with Crippen LogP contribution in [0.15, 0.2) is 18.3 Å². The quantitative estimate of drug-likeness (QED) is 0.724. The van der Waals surface area contributed by atoms with Crippen molar-refractivity contribution >= 4 is 5.82 Å². The highest BCUT2D eigenvalue weighted by Gasteiger charge is 2.00. The van der Waals surface area contributed by atoms with Crippen LogP contribution in [-0.2, 0) is 4.74 Å². The van der Waals surface area contributed by atoms with Crippen molar-refractivity contribution in [1.82, 2.24) is 10.2 Å². The maximum atomic E-state index is 4.97. The summed E-state index contributed by atoms with van der Waals surface area (Å²) in [5.74, 6) is 0.780. The van der Waals surface area contributed by atoms with Gasteiger partial charge in [0, 0.05) is 19.3 Å². The first-order valence-corrected chi connectivity index (χ1v) is 3.86. The van der Waals surface area contributed by atoms with Crippen LogP contribution >= 0.6 is 0 Å². The molecule has 0 bridgehead atoms. The summed E-state index contributed by atoms with van der Waals surface area (Å²) in [6, 6.07) is 3.97. The van der Waals surface area contributed by atoms with Gasteiger partial charge in [-0.25, -0.2) is 0 Å². The number of nitrogens with zero attached hydrogens (tertiary/aromatic N) is 2. The summed E-state index contributed by atoms with van der Waals surface area (Å²) in [6.07, 6.45) is 1.65. The van der Waals surface area contributed by atoms with Gasteiger partial charge in [-0.1, -0.05) is 0 Å². The molecule has 0 radical (unpaired) electrons. The van der Waals surface area contributed by atoms with Gasteiger partial charge >= 0.3 is 0 Å². The number of hydrogen-bond donors (Lipinski definition) is 1. The van der Waals surface area contributed by atoms with Crippen LogP contribution in [0.3, 0.4) is 0 Å². The topological polar surface area (TPSA) is 47.0 Å². The first-order valence-electron chi connectivity index (χ1n) is 3.86. The minimum atomic E-state index is 0.256. The fraction of sp³-hybridized carbons (Fsp3) is 0.500. The van der Waals surface area contributed by atoms with Crippen molar-refractivity contribution < 1.29 is 4.74 Å². The lowest BCUT2D eigenvalue weighted by atomic mass is 10.3. The molecule has 1 aromatic rings. The maximum Gasteiger partial charge on any atom is 0.148 e. The van der Waals surface area contributed by atoms with Crippen LogP contribution in [0.2, 0.25) is 0 Å². The summed E-state index contributed by atoms with van der Waals surface area (Å²) in [6.45, 7) is 2.69. The Morgan fingerprint density at radius 3 is 3.08 bits per heavy atom. The Morgan fingerprint density at radius 1 is 1.67 bits per heavy atom. The molecule has 1 unspecified atom stereocenters. The lowest BCUT2D eigenvalue weighted by Crippen LogP contribution is -2.21. The van der Waals surface area contributed by atoms with Crippen molar-refractivity contribution in [2.24, 2.45) is 0 Å². The van der Waals surface area contributed by atoms with Crippen molar-refractivity contribution in [2.45, 2.75) is 13.0 Å². The number of methoxy groups -OCH3 is 1. The Kier molecular flexibility index (Phi) is 3.47. The smallest absolute Gasteiger partial charge is 0.148 e. The second-order valence-electron chi connectivity index (χ2n) is 2.61. The van der Waals surface area contributed by atoms with E-state index in [1.807, 2.05) is 19.1 Å². The normalized spacial score (nSPS) is 12.5. The fourth-order valence-electron chi connectivity index (χ4n) is 0.923. The molecule has 0 aliphatic heterocycles. The third-order valence-electron chi connectivity index (χ3n) is 1.38. The van der Waals surface area contributed by atoms with Crippen molar-refractivity contribution in [3.63, 3.8) is 0 Å². The van der Waals surface area contributed by atoms with Crippen molar-refractivity contribution in [3.8, 4) is 0 Å². The van der Waals surface area contributed by atoms with Crippen molar-refractivity contribution in [2.75, 3.05) is 19.0 Å². The van der Waals surface area contributed by atoms with E-state index in [2.05, 4.69) is 15.5 Å². The van der Waals surface area contributed by atoms with E-state index in [9.17, 15) is 0 Å². The van der Waals surface area contributed by atoms with E-state index >= 15 is 0 Å². The average molecular weight is 167 g/mol. The predicted molar refractivity (Wildman–Crippen MR) is 47.0 cm³/mol. The largest absolute Gasteiger partial charge is 0.383 e. The molecule has 12 heavy (non-hydrogen) atoms. The van der Waals surface area contributed by atoms with Gasteiger partial charge in [0.1, 0.15) is 5.82 Å². The molecule has 0 aliphatic rings. The maximum absolute atomic E-state index is 4.97. The summed E-state index contributed by atoms with van der Waals surface area (Å²) >= 11 is 0. The van der Waals surface area contributed by atoms with Gasteiger partial charge in [0.15, 0.2) is 0 Å². The highest BCUT2D eigenvalue weighted by atomic mass is 16.5. The molecule has 0 saturated carbocycles. The number of aromatic nitrogens is 2. The third-order valence-corrected chi connectivity index (χ3v) is 1.38. The Hall–Kier alpha value is -1.16. The molecule has 1 atom stereocenters. The number of hydrogen-bond acceptors (Lipinski definition) is 4. The number of anilines is 1. The zero-order valence-corrected chi connectivity index (χ0v) is 7.32. The van der Waals surface area contributed by atoms with Gasteiger partial charge in [0.25, 0.3) is 0 Å². The summed E-state index contributed by atoms with van der Waals surface area (Å²) in [5, 5.41) is 10.8. The van der Waals surface area contributed by atoms with Gasteiger partial charge in [-0.15, -0.1) is 5.10 Å². The Labute approximate surface area is 72.0 Å². The van der Waals surface area contributed by atoms with Gasteiger partial charge in [0.2, 0.25) is 0 Å². The minimum Gasteiger partial charge on any atom is -0.383 e. The van der Waals surface area contributed by atoms with Crippen LogP contribution in [-0.4, -0.2) is 30.0 Å². The van der Waals surface area contributed by atoms with Crippen molar-refractivity contribution in [1.29, 1.82) is 0 Å². The van der Waals surface area contributed by atoms with E-state index in [0.29, 0.717) is 6.61 Å². The molecule has 0 saturated heterocycles.